The van der Waals surface area contributed by atoms with Gasteiger partial charge in [-0.1, -0.05) is 173 Å². The molecule has 9 aromatic rings. The summed E-state index contributed by atoms with van der Waals surface area (Å²) in [5, 5.41) is 2.30. The van der Waals surface area contributed by atoms with Crippen LogP contribution in [0.15, 0.2) is 162 Å². The van der Waals surface area contributed by atoms with Crippen molar-refractivity contribution in [3.8, 4) is 33.4 Å². The van der Waals surface area contributed by atoms with Gasteiger partial charge in [0, 0.05) is 50.1 Å². The van der Waals surface area contributed by atoms with Crippen molar-refractivity contribution in [1.29, 1.82) is 0 Å². The van der Waals surface area contributed by atoms with E-state index in [1.807, 2.05) is 0 Å². The molecule has 0 spiro atoms. The van der Waals surface area contributed by atoms with Crippen LogP contribution >= 0.6 is 0 Å². The maximum atomic E-state index is 6.86. The van der Waals surface area contributed by atoms with E-state index >= 15 is 0 Å². The van der Waals surface area contributed by atoms with Gasteiger partial charge in [0.15, 0.2) is 0 Å². The van der Waals surface area contributed by atoms with E-state index in [0.717, 1.165) is 22.2 Å². The summed E-state index contributed by atoms with van der Waals surface area (Å²) < 4.78 is 6.86. The molecular weight excluding hydrogens is 812 g/mol. The molecule has 0 amide bonds. The van der Waals surface area contributed by atoms with Crippen LogP contribution in [-0.4, -0.2) is 6.85 Å². The lowest BCUT2D eigenvalue weighted by atomic mass is 9.42. The zero-order chi connectivity index (χ0) is 46.5. The normalized spacial score (nSPS) is 14.8. The Labute approximate surface area is 397 Å². The summed E-state index contributed by atoms with van der Waals surface area (Å²) in [6.07, 6.45) is 0. The number of nitrogens with zero attached hydrogens (tertiary/aromatic N) is 2. The van der Waals surface area contributed by atoms with E-state index in [1.54, 1.807) is 0 Å². The number of rotatable bonds is 3. The number of benzene rings is 8. The van der Waals surface area contributed by atoms with Gasteiger partial charge in [-0.25, -0.2) is 0 Å². The molecule has 3 aliphatic rings. The Balaban J connectivity index is 1.30. The van der Waals surface area contributed by atoms with Crippen molar-refractivity contribution in [3.05, 3.63) is 186 Å². The average Bonchev–Trinajstić information content (AvgIpc) is 3.79. The molecule has 0 N–H and O–H groups in total. The van der Waals surface area contributed by atoms with E-state index in [9.17, 15) is 0 Å². The molecule has 0 fully saturated rings. The number of hydrogen-bond donors (Lipinski definition) is 0. The topological polar surface area (TPSA) is 19.6 Å². The van der Waals surface area contributed by atoms with Gasteiger partial charge in [0.25, 0.3) is 0 Å². The Kier molecular flexibility index (Phi) is 8.78. The van der Waals surface area contributed by atoms with Gasteiger partial charge in [0.1, 0.15) is 11.2 Å². The first-order chi connectivity index (χ1) is 31.9. The molecule has 0 radical (unpaired) electrons. The Morgan fingerprint density at radius 2 is 1.04 bits per heavy atom. The fourth-order valence-corrected chi connectivity index (χ4v) is 11.7. The molecule has 1 aliphatic carbocycles. The second-order valence-corrected chi connectivity index (χ2v) is 23.0. The van der Waals surface area contributed by atoms with E-state index in [0.29, 0.717) is 0 Å². The number of hydrogen-bond acceptors (Lipinski definition) is 3. The lowest BCUT2D eigenvalue weighted by molar-refractivity contribution is 0.590. The molecule has 0 unspecified atom stereocenters. The summed E-state index contributed by atoms with van der Waals surface area (Å²) in [5.74, 6) is 0. The first-order valence-electron chi connectivity index (χ1n) is 24.2. The fourth-order valence-electron chi connectivity index (χ4n) is 11.7. The van der Waals surface area contributed by atoms with Crippen LogP contribution in [-0.2, 0) is 21.7 Å². The van der Waals surface area contributed by atoms with Crippen LogP contribution in [0.2, 0.25) is 0 Å². The highest BCUT2D eigenvalue weighted by Crippen LogP contribution is 2.59. The van der Waals surface area contributed by atoms with Crippen molar-refractivity contribution in [1.82, 2.24) is 0 Å². The van der Waals surface area contributed by atoms with E-state index in [1.165, 1.54) is 100 Å². The molecule has 330 valence electrons. The maximum absolute atomic E-state index is 6.86. The quantitative estimate of drug-likeness (QED) is 0.165. The number of anilines is 5. The van der Waals surface area contributed by atoms with Crippen LogP contribution in [0.5, 0.6) is 0 Å². The predicted octanol–water partition coefficient (Wildman–Crippen LogP) is 16.2. The molecule has 0 bridgehead atoms. The standard InChI is InChI=1S/C63H59BN2O/c1-60(2,3)39-25-29-42(30-26-39)66-50-32-28-41(62(7,8)9)36-46(50)57-55-43-21-15-17-23-47(43)63(10,11)48(55)37-52-59(57)64(66)58-51(33-34-54-56(58)44-22-16-18-24-53(44)67-54)65(52)49-31-27-40(61(4,5)6)35-45(49)38-19-13-12-14-20-38/h12-37H,1-11H3. The highest BCUT2D eigenvalue weighted by Gasteiger charge is 2.50. The van der Waals surface area contributed by atoms with Crippen molar-refractivity contribution in [2.45, 2.75) is 97.8 Å². The van der Waals surface area contributed by atoms with E-state index in [2.05, 4.69) is 244 Å². The second kappa shape index (κ2) is 14.1. The average molecular weight is 871 g/mol. The molecule has 1 aromatic heterocycles. The summed E-state index contributed by atoms with van der Waals surface area (Å²) in [4.78, 5) is 5.32. The minimum absolute atomic E-state index is 0.0132. The summed E-state index contributed by atoms with van der Waals surface area (Å²) in [7, 11) is 0. The highest BCUT2D eigenvalue weighted by molar-refractivity contribution is 6.95. The molecule has 3 heterocycles. The van der Waals surface area contributed by atoms with Crippen LogP contribution in [0, 0.1) is 0 Å². The second-order valence-electron chi connectivity index (χ2n) is 23.0. The molecule has 0 saturated heterocycles. The first kappa shape index (κ1) is 41.6. The first-order valence-corrected chi connectivity index (χ1v) is 24.2. The third kappa shape index (κ3) is 6.11. The summed E-state index contributed by atoms with van der Waals surface area (Å²) >= 11 is 0. The lowest BCUT2D eigenvalue weighted by Gasteiger charge is -2.47. The van der Waals surface area contributed by atoms with Crippen molar-refractivity contribution in [2.75, 3.05) is 9.71 Å². The van der Waals surface area contributed by atoms with Gasteiger partial charge in [-0.2, -0.15) is 0 Å². The van der Waals surface area contributed by atoms with Crippen LogP contribution in [0.1, 0.15) is 104 Å². The van der Waals surface area contributed by atoms with Gasteiger partial charge < -0.3 is 14.1 Å². The minimum atomic E-state index is -0.246. The largest absolute Gasteiger partial charge is 0.456 e. The van der Waals surface area contributed by atoms with Crippen molar-refractivity contribution < 1.29 is 4.42 Å². The molecule has 12 rings (SSSR count). The molecular formula is C63H59BN2O. The molecule has 0 saturated carbocycles. The maximum Gasteiger partial charge on any atom is 0.333 e. The van der Waals surface area contributed by atoms with Crippen molar-refractivity contribution in [3.63, 3.8) is 0 Å². The number of para-hydroxylation sites is 1. The van der Waals surface area contributed by atoms with Gasteiger partial charge in [-0.05, 0) is 138 Å². The number of fused-ring (bicyclic) bond motifs is 12. The zero-order valence-corrected chi connectivity index (χ0v) is 40.9. The Hall–Kier alpha value is -6.78. The van der Waals surface area contributed by atoms with Crippen LogP contribution in [0.3, 0.4) is 0 Å². The predicted molar refractivity (Wildman–Crippen MR) is 287 cm³/mol. The molecule has 0 atom stereocenters. The lowest BCUT2D eigenvalue weighted by Crippen LogP contribution is -2.62. The third-order valence-corrected chi connectivity index (χ3v) is 15.3. The fraction of sp³-hybridized carbons (Fsp3) is 0.238. The van der Waals surface area contributed by atoms with Gasteiger partial charge in [-0.3, -0.25) is 0 Å². The van der Waals surface area contributed by atoms with Crippen LogP contribution in [0.25, 0.3) is 55.3 Å². The van der Waals surface area contributed by atoms with Gasteiger partial charge in [-0.15, -0.1) is 0 Å². The summed E-state index contributed by atoms with van der Waals surface area (Å²) in [6, 6.07) is 60.0. The van der Waals surface area contributed by atoms with E-state index < -0.39 is 0 Å². The van der Waals surface area contributed by atoms with E-state index in [4.69, 9.17) is 4.42 Å². The van der Waals surface area contributed by atoms with Crippen molar-refractivity contribution >= 4 is 68.1 Å². The smallest absolute Gasteiger partial charge is 0.333 e. The van der Waals surface area contributed by atoms with Crippen LogP contribution < -0.4 is 20.6 Å². The molecule has 2 aliphatic heterocycles. The zero-order valence-electron chi connectivity index (χ0n) is 40.9. The number of furan rings is 1. The monoisotopic (exact) mass is 870 g/mol. The molecule has 8 aromatic carbocycles. The summed E-state index contributed by atoms with van der Waals surface area (Å²) in [6.45, 7) is 25.6. The SMILES string of the molecule is CC(C)(C)c1ccc(N2B3c4c(cc5c(c4-c4cc(C(C)(C)C)ccc42)-c2ccccc2C5(C)C)N(c2ccc(C(C)(C)C)cc2-c2ccccc2)c2ccc4oc5ccccc5c4c23)cc1. The van der Waals surface area contributed by atoms with Crippen LogP contribution in [0.4, 0.5) is 28.4 Å². The Morgan fingerprint density at radius 3 is 1.75 bits per heavy atom. The Morgan fingerprint density at radius 1 is 0.448 bits per heavy atom. The van der Waals surface area contributed by atoms with E-state index in [-0.39, 0.29) is 28.5 Å². The molecule has 4 heteroatoms. The van der Waals surface area contributed by atoms with Gasteiger partial charge in [0.2, 0.25) is 0 Å². The summed E-state index contributed by atoms with van der Waals surface area (Å²) in [5.41, 5.74) is 24.4. The third-order valence-electron chi connectivity index (χ3n) is 15.3. The minimum Gasteiger partial charge on any atom is -0.456 e. The molecule has 67 heavy (non-hydrogen) atoms. The van der Waals surface area contributed by atoms with Gasteiger partial charge in [0.05, 0.1) is 5.69 Å². The van der Waals surface area contributed by atoms with Gasteiger partial charge >= 0.3 is 6.85 Å². The van der Waals surface area contributed by atoms with Crippen molar-refractivity contribution in [2.24, 2.45) is 0 Å². The molecule has 3 nitrogen and oxygen atoms in total. The Bertz CT molecular complexity index is 3500. The highest BCUT2D eigenvalue weighted by atomic mass is 16.3.